The van der Waals surface area contributed by atoms with Gasteiger partial charge in [0.05, 0.1) is 17.4 Å². The highest BCUT2D eigenvalue weighted by Crippen LogP contribution is 2.14. The van der Waals surface area contributed by atoms with Gasteiger partial charge in [0.15, 0.2) is 11.6 Å². The number of nitriles is 1. The minimum atomic E-state index is -3.93. The molecule has 0 aliphatic carbocycles. The topological polar surface area (TPSA) is 70.0 Å². The first-order valence-electron chi connectivity index (χ1n) is 4.71. The van der Waals surface area contributed by atoms with Crippen LogP contribution in [0.5, 0.6) is 0 Å². The summed E-state index contributed by atoms with van der Waals surface area (Å²) < 4.78 is 51.0. The Bertz CT molecular complexity index is 552. The highest BCUT2D eigenvalue weighted by Gasteiger charge is 2.18. The van der Waals surface area contributed by atoms with Crippen LogP contribution in [0, 0.1) is 23.0 Å². The molecule has 17 heavy (non-hydrogen) atoms. The van der Waals surface area contributed by atoms with Crippen LogP contribution in [0.3, 0.4) is 0 Å². The molecule has 1 aromatic carbocycles. The summed E-state index contributed by atoms with van der Waals surface area (Å²) in [5.41, 5.74) is 0. The zero-order chi connectivity index (χ0) is 13.1. The summed E-state index contributed by atoms with van der Waals surface area (Å²) in [6.07, 6.45) is -0.0110. The van der Waals surface area contributed by atoms with Crippen molar-refractivity contribution in [1.82, 2.24) is 4.72 Å². The molecular weight excluding hydrogens is 250 g/mol. The van der Waals surface area contributed by atoms with E-state index >= 15 is 0 Å². The van der Waals surface area contributed by atoms with Crippen molar-refractivity contribution in [2.45, 2.75) is 24.3 Å². The van der Waals surface area contributed by atoms with Gasteiger partial charge >= 0.3 is 0 Å². The number of nitrogens with zero attached hydrogens (tertiary/aromatic N) is 1. The summed E-state index contributed by atoms with van der Waals surface area (Å²) in [6.45, 7) is 1.50. The largest absolute Gasteiger partial charge is 0.240 e. The molecule has 1 N–H and O–H groups in total. The molecule has 0 bridgehead atoms. The van der Waals surface area contributed by atoms with Gasteiger partial charge in [-0.2, -0.15) is 5.26 Å². The van der Waals surface area contributed by atoms with E-state index in [0.717, 1.165) is 12.1 Å². The first kappa shape index (κ1) is 13.5. The monoisotopic (exact) mass is 260 g/mol. The normalized spacial score (nSPS) is 13.1. The fourth-order valence-corrected chi connectivity index (χ4v) is 2.41. The smallest absolute Gasteiger partial charge is 0.207 e. The standard InChI is InChI=1S/C10H10F2N2O2S/c1-7(4-5-13)14-17(15,16)8-2-3-9(11)10(12)6-8/h2-3,6-7,14H,4H2,1H3. The Balaban J connectivity index is 2.98. The van der Waals surface area contributed by atoms with Crippen molar-refractivity contribution in [3.8, 4) is 6.07 Å². The molecule has 0 saturated heterocycles. The van der Waals surface area contributed by atoms with Crippen LogP contribution in [0.15, 0.2) is 23.1 Å². The molecule has 92 valence electrons. The van der Waals surface area contributed by atoms with Gasteiger partial charge < -0.3 is 0 Å². The van der Waals surface area contributed by atoms with Crippen molar-refractivity contribution >= 4 is 10.0 Å². The summed E-state index contributed by atoms with van der Waals surface area (Å²) in [6, 6.07) is 3.49. The fourth-order valence-electron chi connectivity index (χ4n) is 1.16. The number of rotatable bonds is 4. The van der Waals surface area contributed by atoms with Crippen LogP contribution in [-0.2, 0) is 10.0 Å². The number of hydrogen-bond acceptors (Lipinski definition) is 3. The molecule has 0 spiro atoms. The molecule has 1 unspecified atom stereocenters. The number of halogens is 2. The third-order valence-electron chi connectivity index (χ3n) is 1.96. The lowest BCUT2D eigenvalue weighted by Gasteiger charge is -2.11. The lowest BCUT2D eigenvalue weighted by Crippen LogP contribution is -2.32. The molecule has 0 aliphatic rings. The Morgan fingerprint density at radius 2 is 2.06 bits per heavy atom. The quantitative estimate of drug-likeness (QED) is 0.892. The van der Waals surface area contributed by atoms with E-state index in [9.17, 15) is 17.2 Å². The van der Waals surface area contributed by atoms with E-state index in [0.29, 0.717) is 6.07 Å². The second-order valence-corrected chi connectivity index (χ2v) is 5.17. The first-order valence-corrected chi connectivity index (χ1v) is 6.19. The molecule has 4 nitrogen and oxygen atoms in total. The van der Waals surface area contributed by atoms with Gasteiger partial charge in [-0.25, -0.2) is 21.9 Å². The van der Waals surface area contributed by atoms with Gasteiger partial charge in [-0.1, -0.05) is 0 Å². The van der Waals surface area contributed by atoms with Crippen LogP contribution in [-0.4, -0.2) is 14.5 Å². The molecule has 0 aliphatic heterocycles. The molecular formula is C10H10F2N2O2S. The van der Waals surface area contributed by atoms with Gasteiger partial charge in [0.25, 0.3) is 0 Å². The Hall–Kier alpha value is -1.52. The minimum Gasteiger partial charge on any atom is -0.207 e. The van der Waals surface area contributed by atoms with Crippen molar-refractivity contribution in [1.29, 1.82) is 5.26 Å². The maximum absolute atomic E-state index is 12.9. The number of hydrogen-bond donors (Lipinski definition) is 1. The molecule has 1 rings (SSSR count). The van der Waals surface area contributed by atoms with E-state index < -0.39 is 27.7 Å². The fraction of sp³-hybridized carbons (Fsp3) is 0.300. The predicted molar refractivity (Wildman–Crippen MR) is 56.4 cm³/mol. The predicted octanol–water partition coefficient (Wildman–Crippen LogP) is 1.55. The Kier molecular flexibility index (Phi) is 4.15. The van der Waals surface area contributed by atoms with Gasteiger partial charge in [0.1, 0.15) is 0 Å². The Morgan fingerprint density at radius 1 is 1.41 bits per heavy atom. The number of sulfonamides is 1. The molecule has 0 radical (unpaired) electrons. The van der Waals surface area contributed by atoms with Crippen LogP contribution in [0.25, 0.3) is 0 Å². The summed E-state index contributed by atoms with van der Waals surface area (Å²) >= 11 is 0. The summed E-state index contributed by atoms with van der Waals surface area (Å²) in [4.78, 5) is -0.374. The summed E-state index contributed by atoms with van der Waals surface area (Å²) in [5, 5.41) is 8.39. The summed E-state index contributed by atoms with van der Waals surface area (Å²) in [7, 11) is -3.93. The first-order chi connectivity index (χ1) is 7.86. The highest BCUT2D eigenvalue weighted by atomic mass is 32.2. The summed E-state index contributed by atoms with van der Waals surface area (Å²) in [5.74, 6) is -2.35. The van der Waals surface area contributed by atoms with Crippen molar-refractivity contribution in [3.05, 3.63) is 29.8 Å². The molecule has 0 saturated carbocycles. The van der Waals surface area contributed by atoms with Crippen molar-refractivity contribution < 1.29 is 17.2 Å². The van der Waals surface area contributed by atoms with Crippen LogP contribution in [0.2, 0.25) is 0 Å². The molecule has 0 heterocycles. The highest BCUT2D eigenvalue weighted by molar-refractivity contribution is 7.89. The van der Waals surface area contributed by atoms with Crippen LogP contribution < -0.4 is 4.72 Å². The van der Waals surface area contributed by atoms with Crippen molar-refractivity contribution in [2.24, 2.45) is 0 Å². The lowest BCUT2D eigenvalue weighted by atomic mass is 10.3. The van der Waals surface area contributed by atoms with E-state index in [4.69, 9.17) is 5.26 Å². The molecule has 0 amide bonds. The van der Waals surface area contributed by atoms with Gasteiger partial charge in [-0.3, -0.25) is 0 Å². The number of nitrogens with one attached hydrogen (secondary N) is 1. The van der Waals surface area contributed by atoms with Gasteiger partial charge in [-0.15, -0.1) is 0 Å². The van der Waals surface area contributed by atoms with Gasteiger partial charge in [0, 0.05) is 6.04 Å². The third kappa shape index (κ3) is 3.47. The molecule has 0 aromatic heterocycles. The average Bonchev–Trinajstić information content (AvgIpc) is 2.21. The average molecular weight is 260 g/mol. The maximum Gasteiger partial charge on any atom is 0.240 e. The van der Waals surface area contributed by atoms with E-state index in [1.54, 1.807) is 6.07 Å². The molecule has 7 heteroatoms. The van der Waals surface area contributed by atoms with E-state index in [-0.39, 0.29) is 11.3 Å². The van der Waals surface area contributed by atoms with Crippen LogP contribution in [0.4, 0.5) is 8.78 Å². The van der Waals surface area contributed by atoms with E-state index in [1.165, 1.54) is 6.92 Å². The van der Waals surface area contributed by atoms with E-state index in [1.807, 2.05) is 0 Å². The Labute approximate surface area is 97.9 Å². The van der Waals surface area contributed by atoms with Crippen LogP contribution >= 0.6 is 0 Å². The Morgan fingerprint density at radius 3 is 2.59 bits per heavy atom. The number of benzene rings is 1. The second kappa shape index (κ2) is 5.21. The third-order valence-corrected chi connectivity index (χ3v) is 3.54. The minimum absolute atomic E-state index is 0.0110. The zero-order valence-corrected chi connectivity index (χ0v) is 9.76. The second-order valence-electron chi connectivity index (χ2n) is 3.46. The van der Waals surface area contributed by atoms with Crippen molar-refractivity contribution in [3.63, 3.8) is 0 Å². The molecule has 0 fully saturated rings. The van der Waals surface area contributed by atoms with Gasteiger partial charge in [-0.05, 0) is 25.1 Å². The van der Waals surface area contributed by atoms with Gasteiger partial charge in [0.2, 0.25) is 10.0 Å². The lowest BCUT2D eigenvalue weighted by molar-refractivity contribution is 0.503. The molecule has 1 aromatic rings. The van der Waals surface area contributed by atoms with Crippen molar-refractivity contribution in [2.75, 3.05) is 0 Å². The zero-order valence-electron chi connectivity index (χ0n) is 8.94. The maximum atomic E-state index is 12.9. The SMILES string of the molecule is CC(CC#N)NS(=O)(=O)c1ccc(F)c(F)c1. The van der Waals surface area contributed by atoms with Crippen LogP contribution in [0.1, 0.15) is 13.3 Å². The molecule has 1 atom stereocenters. The van der Waals surface area contributed by atoms with E-state index in [2.05, 4.69) is 4.72 Å².